The predicted octanol–water partition coefficient (Wildman–Crippen LogP) is 2.58. The minimum atomic E-state index is -0.125. The Morgan fingerprint density at radius 1 is 0.846 bits per heavy atom. The number of thioether (sulfide) groups is 1. The largest absolute Gasteiger partial charge is 0.394 e. The van der Waals surface area contributed by atoms with Crippen LogP contribution in [0.5, 0.6) is 0 Å². The van der Waals surface area contributed by atoms with Gasteiger partial charge in [0.2, 0.25) is 0 Å². The lowest BCUT2D eigenvalue weighted by Crippen LogP contribution is -1.85. The van der Waals surface area contributed by atoms with Gasteiger partial charge < -0.3 is 10.2 Å². The van der Waals surface area contributed by atoms with Crippen molar-refractivity contribution in [2.75, 3.05) is 13.2 Å². The van der Waals surface area contributed by atoms with Gasteiger partial charge in [-0.3, -0.25) is 0 Å². The second-order valence-electron chi connectivity index (χ2n) is 0.917. The smallest absolute Gasteiger partial charge is 0.0662 e. The lowest BCUT2D eigenvalue weighted by atomic mass is 10.8. The van der Waals surface area contributed by atoms with E-state index in [1.54, 1.807) is 10.8 Å². The number of aliphatic hydroxyl groups excluding tert-OH is 2. The van der Waals surface area contributed by atoms with Crippen LogP contribution in [0.2, 0.25) is 0 Å². The highest BCUT2D eigenvalue weighted by Gasteiger charge is 1.58. The molecule has 0 rings (SSSR count). The maximum Gasteiger partial charge on any atom is 0.0662 e. The van der Waals surface area contributed by atoms with Gasteiger partial charge in [-0.25, -0.2) is 0 Å². The molecule has 0 aliphatic heterocycles. The molecule has 0 aliphatic carbocycles. The van der Waals surface area contributed by atoms with Gasteiger partial charge in [-0.1, -0.05) is 13.2 Å². The highest BCUT2D eigenvalue weighted by molar-refractivity contribution is 8.04. The highest BCUT2D eigenvalue weighted by atomic mass is 32.2. The van der Waals surface area contributed by atoms with Crippen molar-refractivity contribution >= 4 is 11.8 Å². The zero-order valence-corrected chi connectivity index (χ0v) is 8.93. The van der Waals surface area contributed by atoms with Crippen molar-refractivity contribution in [1.29, 1.82) is 0 Å². The molecule has 2 nitrogen and oxygen atoms in total. The van der Waals surface area contributed by atoms with Crippen LogP contribution >= 0.6 is 11.8 Å². The van der Waals surface area contributed by atoms with E-state index in [0.29, 0.717) is 0 Å². The Bertz CT molecular complexity index is 75.0. The first kappa shape index (κ1) is 22.8. The van der Waals surface area contributed by atoms with Crippen molar-refractivity contribution in [3.05, 3.63) is 50.3 Å². The second-order valence-corrected chi connectivity index (χ2v) is 1.86. The summed E-state index contributed by atoms with van der Waals surface area (Å²) < 4.78 is 0. The quantitative estimate of drug-likeness (QED) is 0.694. The summed E-state index contributed by atoms with van der Waals surface area (Å²) in [6, 6.07) is 0. The molecule has 0 saturated carbocycles. The maximum absolute atomic E-state index is 7.62. The lowest BCUT2D eigenvalue weighted by molar-refractivity contribution is 0.186. The molecule has 3 heteroatoms. The summed E-state index contributed by atoms with van der Waals surface area (Å²) in [5, 5.41) is 18.7. The predicted molar refractivity (Wildman–Crippen MR) is 64.7 cm³/mol. The Kier molecular flexibility index (Phi) is 115. The van der Waals surface area contributed by atoms with E-state index in [1.165, 1.54) is 11.8 Å². The molecule has 13 heavy (non-hydrogen) atoms. The van der Waals surface area contributed by atoms with Gasteiger partial charge in [0.1, 0.15) is 0 Å². The van der Waals surface area contributed by atoms with Crippen molar-refractivity contribution in [1.82, 2.24) is 0 Å². The zero-order valence-electron chi connectivity index (χ0n) is 8.11. The Morgan fingerprint density at radius 3 is 1.08 bits per heavy atom. The normalized spacial score (nSPS) is 5.38. The van der Waals surface area contributed by atoms with Gasteiger partial charge in [-0.15, -0.1) is 38.1 Å². The van der Waals surface area contributed by atoms with Crippen LogP contribution in [-0.2, 0) is 0 Å². The SMILES string of the molecule is C=C.C=C.C=CSC=C.OCCO. The second kappa shape index (κ2) is 65.7. The average molecular weight is 204 g/mol. The summed E-state index contributed by atoms with van der Waals surface area (Å²) in [5.74, 6) is 0. The number of hydrogen-bond acceptors (Lipinski definition) is 3. The van der Waals surface area contributed by atoms with E-state index in [9.17, 15) is 0 Å². The molecule has 0 amide bonds. The van der Waals surface area contributed by atoms with Crippen LogP contribution in [0, 0.1) is 0 Å². The zero-order chi connectivity index (χ0) is 11.5. The van der Waals surface area contributed by atoms with E-state index in [2.05, 4.69) is 39.5 Å². The van der Waals surface area contributed by atoms with Gasteiger partial charge in [0.05, 0.1) is 13.2 Å². The summed E-state index contributed by atoms with van der Waals surface area (Å²) in [4.78, 5) is 0. The monoisotopic (exact) mass is 204 g/mol. The van der Waals surface area contributed by atoms with Crippen LogP contribution in [0.1, 0.15) is 0 Å². The summed E-state index contributed by atoms with van der Waals surface area (Å²) >= 11 is 1.49. The standard InChI is InChI=1S/C4H6S.C2H6O2.2C2H4/c1-3-5-4-2;3-1-2-4;2*1-2/h3-4H,1-2H2;3-4H,1-2H2;2*1-2H2. The van der Waals surface area contributed by atoms with Gasteiger partial charge >= 0.3 is 0 Å². The molecular weight excluding hydrogens is 184 g/mol. The molecule has 0 heterocycles. The number of hydrogen-bond donors (Lipinski definition) is 2. The third kappa shape index (κ3) is 192. The summed E-state index contributed by atoms with van der Waals surface area (Å²) in [6.45, 7) is 18.6. The number of aliphatic hydroxyl groups is 2. The van der Waals surface area contributed by atoms with Crippen LogP contribution in [0.25, 0.3) is 0 Å². The first-order valence-corrected chi connectivity index (χ1v) is 4.36. The fourth-order valence-electron chi connectivity index (χ4n) is 0.0680. The summed E-state index contributed by atoms with van der Waals surface area (Å²) in [6.07, 6.45) is 0. The van der Waals surface area contributed by atoms with Crippen molar-refractivity contribution in [2.45, 2.75) is 0 Å². The fourth-order valence-corrected chi connectivity index (χ4v) is 0.204. The maximum atomic E-state index is 7.62. The molecule has 0 aromatic heterocycles. The van der Waals surface area contributed by atoms with E-state index in [4.69, 9.17) is 10.2 Å². The Balaban J connectivity index is -0.0000000457. The van der Waals surface area contributed by atoms with Crippen LogP contribution in [0.4, 0.5) is 0 Å². The number of rotatable bonds is 3. The molecule has 0 atom stereocenters. The Morgan fingerprint density at radius 2 is 1.08 bits per heavy atom. The van der Waals surface area contributed by atoms with Gasteiger partial charge in [-0.05, 0) is 10.8 Å². The van der Waals surface area contributed by atoms with Gasteiger partial charge in [0.15, 0.2) is 0 Å². The topological polar surface area (TPSA) is 40.5 Å². The third-order valence-corrected chi connectivity index (χ3v) is 0.677. The average Bonchev–Trinajstić information content (AvgIpc) is 2.25. The van der Waals surface area contributed by atoms with E-state index in [0.717, 1.165) is 0 Å². The first-order valence-electron chi connectivity index (χ1n) is 3.42. The van der Waals surface area contributed by atoms with Crippen molar-refractivity contribution in [2.24, 2.45) is 0 Å². The van der Waals surface area contributed by atoms with Crippen LogP contribution < -0.4 is 0 Å². The molecule has 0 aromatic rings. The molecule has 0 aromatic carbocycles. The summed E-state index contributed by atoms with van der Waals surface area (Å²) in [5.41, 5.74) is 0. The van der Waals surface area contributed by atoms with Crippen molar-refractivity contribution in [3.8, 4) is 0 Å². The lowest BCUT2D eigenvalue weighted by Gasteiger charge is -1.70. The van der Waals surface area contributed by atoms with Gasteiger partial charge in [0, 0.05) is 0 Å². The van der Waals surface area contributed by atoms with E-state index < -0.39 is 0 Å². The van der Waals surface area contributed by atoms with E-state index >= 15 is 0 Å². The molecule has 0 radical (unpaired) electrons. The van der Waals surface area contributed by atoms with Gasteiger partial charge in [-0.2, -0.15) is 0 Å². The molecular formula is C10H20O2S. The Hall–Kier alpha value is -0.770. The first-order chi connectivity index (χ1) is 6.33. The minimum Gasteiger partial charge on any atom is -0.394 e. The molecule has 0 spiro atoms. The minimum absolute atomic E-state index is 0.125. The molecule has 2 N–H and O–H groups in total. The molecule has 0 aliphatic rings. The molecule has 0 saturated heterocycles. The molecule has 0 fully saturated rings. The fraction of sp³-hybridized carbons (Fsp3) is 0.200. The van der Waals surface area contributed by atoms with Crippen molar-refractivity contribution in [3.63, 3.8) is 0 Å². The van der Waals surface area contributed by atoms with Crippen LogP contribution in [0.15, 0.2) is 50.3 Å². The molecule has 78 valence electrons. The van der Waals surface area contributed by atoms with Crippen molar-refractivity contribution < 1.29 is 10.2 Å². The third-order valence-electron chi connectivity index (χ3n) is 0.292. The van der Waals surface area contributed by atoms with E-state index in [1.807, 2.05) is 0 Å². The van der Waals surface area contributed by atoms with Crippen LogP contribution in [0.3, 0.4) is 0 Å². The summed E-state index contributed by atoms with van der Waals surface area (Å²) in [7, 11) is 0. The van der Waals surface area contributed by atoms with Gasteiger partial charge in [0.25, 0.3) is 0 Å². The Labute approximate surface area is 86.0 Å². The molecule has 0 unspecified atom stereocenters. The van der Waals surface area contributed by atoms with E-state index in [-0.39, 0.29) is 13.2 Å². The highest BCUT2D eigenvalue weighted by Crippen LogP contribution is 1.96. The molecule has 0 bridgehead atoms. The van der Waals surface area contributed by atoms with Crippen LogP contribution in [-0.4, -0.2) is 23.4 Å².